The molecule has 0 bridgehead atoms. The minimum Gasteiger partial charge on any atom is -0.311 e. The smallest absolute Gasteiger partial charge is 0.0931 e. The lowest BCUT2D eigenvalue weighted by Crippen LogP contribution is -2.18. The summed E-state index contributed by atoms with van der Waals surface area (Å²) in [5.74, 6) is 0. The Hall–Kier alpha value is -0.360. The highest BCUT2D eigenvalue weighted by Gasteiger charge is 2.11. The van der Waals surface area contributed by atoms with Crippen LogP contribution in [0, 0.1) is 0 Å². The van der Waals surface area contributed by atoms with Gasteiger partial charge in [0, 0.05) is 25.0 Å². The van der Waals surface area contributed by atoms with E-state index < -0.39 is 0 Å². The number of nitrogens with one attached hydrogen (secondary N) is 1. The minimum absolute atomic E-state index is 0.823. The van der Waals surface area contributed by atoms with E-state index in [0.717, 1.165) is 40.4 Å². The van der Waals surface area contributed by atoms with E-state index in [1.54, 1.807) is 11.3 Å². The molecule has 0 aliphatic rings. The molecule has 0 aliphatic carbocycles. The monoisotopic (exact) mass is 361 g/mol. The van der Waals surface area contributed by atoms with Gasteiger partial charge in [-0.25, -0.2) is 0 Å². The molecule has 19 heavy (non-hydrogen) atoms. The van der Waals surface area contributed by atoms with E-state index in [-0.39, 0.29) is 0 Å². The molecule has 2 heterocycles. The van der Waals surface area contributed by atoms with Gasteiger partial charge in [0.1, 0.15) is 0 Å². The maximum atomic E-state index is 5.91. The van der Waals surface area contributed by atoms with Crippen molar-refractivity contribution in [2.24, 2.45) is 7.05 Å². The summed E-state index contributed by atoms with van der Waals surface area (Å²) in [6.07, 6.45) is 1.95. The van der Waals surface area contributed by atoms with Crippen molar-refractivity contribution in [2.45, 2.75) is 26.3 Å². The zero-order valence-corrected chi connectivity index (χ0v) is 14.2. The maximum absolute atomic E-state index is 5.91. The van der Waals surface area contributed by atoms with E-state index >= 15 is 0 Å². The fraction of sp³-hybridized carbons (Fsp3) is 0.462. The van der Waals surface area contributed by atoms with Crippen LogP contribution in [0.25, 0.3) is 0 Å². The Morgan fingerprint density at radius 1 is 1.47 bits per heavy atom. The summed E-state index contributed by atoms with van der Waals surface area (Å²) < 4.78 is 3.93. The van der Waals surface area contributed by atoms with Crippen LogP contribution in [-0.4, -0.2) is 16.3 Å². The van der Waals surface area contributed by atoms with Gasteiger partial charge in [0.25, 0.3) is 0 Å². The highest BCUT2D eigenvalue weighted by atomic mass is 79.9. The lowest BCUT2D eigenvalue weighted by atomic mass is 10.3. The van der Waals surface area contributed by atoms with Crippen LogP contribution < -0.4 is 5.32 Å². The second-order valence-corrected chi connectivity index (χ2v) is 6.91. The SMILES string of the molecule is CCc1nn(C)c(CNCCc2ccc(Cl)s2)c1Br. The minimum atomic E-state index is 0.823. The first-order valence-corrected chi connectivity index (χ1v) is 8.25. The van der Waals surface area contributed by atoms with Crippen molar-refractivity contribution in [1.82, 2.24) is 15.1 Å². The highest BCUT2D eigenvalue weighted by Crippen LogP contribution is 2.22. The summed E-state index contributed by atoms with van der Waals surface area (Å²) in [5, 5.41) is 7.93. The van der Waals surface area contributed by atoms with Crippen molar-refractivity contribution in [3.8, 4) is 0 Å². The van der Waals surface area contributed by atoms with Crippen LogP contribution in [0.4, 0.5) is 0 Å². The molecule has 6 heteroatoms. The molecule has 2 aromatic rings. The van der Waals surface area contributed by atoms with Crippen LogP contribution in [-0.2, 0) is 26.4 Å². The Kier molecular flexibility index (Phi) is 5.45. The third-order valence-corrected chi connectivity index (χ3v) is 5.18. The second-order valence-electron chi connectivity index (χ2n) is 4.32. The van der Waals surface area contributed by atoms with Gasteiger partial charge < -0.3 is 5.32 Å². The Bertz CT molecular complexity index is 550. The number of aromatic nitrogens is 2. The number of halogens is 2. The van der Waals surface area contributed by atoms with Crippen molar-refractivity contribution < 1.29 is 0 Å². The average molecular weight is 363 g/mol. The van der Waals surface area contributed by atoms with Crippen LogP contribution in [0.1, 0.15) is 23.2 Å². The number of nitrogens with zero attached hydrogens (tertiary/aromatic N) is 2. The third kappa shape index (κ3) is 3.81. The average Bonchev–Trinajstić information content (AvgIpc) is 2.91. The van der Waals surface area contributed by atoms with Gasteiger partial charge in [0.05, 0.1) is 20.2 Å². The fourth-order valence-corrected chi connectivity index (χ4v) is 3.76. The molecule has 0 saturated carbocycles. The molecule has 0 aliphatic heterocycles. The van der Waals surface area contributed by atoms with Crippen molar-refractivity contribution in [1.29, 1.82) is 0 Å². The van der Waals surface area contributed by atoms with Gasteiger partial charge in [-0.1, -0.05) is 18.5 Å². The van der Waals surface area contributed by atoms with Crippen molar-refractivity contribution in [3.05, 3.63) is 37.2 Å². The van der Waals surface area contributed by atoms with Crippen LogP contribution in [0.15, 0.2) is 16.6 Å². The van der Waals surface area contributed by atoms with Crippen molar-refractivity contribution >= 4 is 38.9 Å². The van der Waals surface area contributed by atoms with Gasteiger partial charge >= 0.3 is 0 Å². The molecule has 0 fully saturated rings. The molecular weight excluding hydrogens is 346 g/mol. The van der Waals surface area contributed by atoms with E-state index in [2.05, 4.69) is 39.3 Å². The predicted molar refractivity (Wildman–Crippen MR) is 85.0 cm³/mol. The Morgan fingerprint density at radius 3 is 2.84 bits per heavy atom. The molecule has 2 aromatic heterocycles. The molecule has 104 valence electrons. The van der Waals surface area contributed by atoms with Crippen LogP contribution in [0.3, 0.4) is 0 Å². The number of thiophene rings is 1. The van der Waals surface area contributed by atoms with Crippen molar-refractivity contribution in [2.75, 3.05) is 6.54 Å². The van der Waals surface area contributed by atoms with E-state index in [1.165, 1.54) is 10.6 Å². The maximum Gasteiger partial charge on any atom is 0.0931 e. The van der Waals surface area contributed by atoms with Crippen LogP contribution >= 0.6 is 38.9 Å². The van der Waals surface area contributed by atoms with E-state index in [9.17, 15) is 0 Å². The van der Waals surface area contributed by atoms with Crippen LogP contribution in [0.2, 0.25) is 4.34 Å². The largest absolute Gasteiger partial charge is 0.311 e. The summed E-state index contributed by atoms with van der Waals surface area (Å²) in [4.78, 5) is 1.32. The van der Waals surface area contributed by atoms with E-state index in [1.807, 2.05) is 17.8 Å². The standard InChI is InChI=1S/C13H17BrClN3S/c1-3-10-13(14)11(18(2)17-10)8-16-7-6-9-4-5-12(15)19-9/h4-5,16H,3,6-8H2,1-2H3. The molecule has 0 atom stereocenters. The Labute approximate surface area is 131 Å². The van der Waals surface area contributed by atoms with Gasteiger partial charge in [-0.05, 0) is 40.9 Å². The lowest BCUT2D eigenvalue weighted by molar-refractivity contribution is 0.623. The summed E-state index contributed by atoms with van der Waals surface area (Å²) in [5.41, 5.74) is 2.31. The summed E-state index contributed by atoms with van der Waals surface area (Å²) in [6, 6.07) is 4.04. The van der Waals surface area contributed by atoms with E-state index in [0.29, 0.717) is 0 Å². The second kappa shape index (κ2) is 6.88. The highest BCUT2D eigenvalue weighted by molar-refractivity contribution is 9.10. The van der Waals surface area contributed by atoms with Crippen LogP contribution in [0.5, 0.6) is 0 Å². The Morgan fingerprint density at radius 2 is 2.26 bits per heavy atom. The zero-order chi connectivity index (χ0) is 13.8. The summed E-state index contributed by atoms with van der Waals surface area (Å²) in [7, 11) is 1.99. The topological polar surface area (TPSA) is 29.9 Å². The first-order valence-electron chi connectivity index (χ1n) is 6.27. The van der Waals surface area contributed by atoms with Gasteiger partial charge in [0.15, 0.2) is 0 Å². The zero-order valence-electron chi connectivity index (χ0n) is 11.0. The van der Waals surface area contributed by atoms with E-state index in [4.69, 9.17) is 11.6 Å². The molecule has 0 amide bonds. The Balaban J connectivity index is 1.84. The van der Waals surface area contributed by atoms with Gasteiger partial charge in [-0.15, -0.1) is 11.3 Å². The molecule has 3 nitrogen and oxygen atoms in total. The first-order chi connectivity index (χ1) is 9.11. The summed E-state index contributed by atoms with van der Waals surface area (Å²) in [6.45, 7) is 3.88. The number of hydrogen-bond donors (Lipinski definition) is 1. The lowest BCUT2D eigenvalue weighted by Gasteiger charge is -2.05. The number of hydrogen-bond acceptors (Lipinski definition) is 3. The van der Waals surface area contributed by atoms with Gasteiger partial charge in [-0.3, -0.25) is 4.68 Å². The van der Waals surface area contributed by atoms with Gasteiger partial charge in [0.2, 0.25) is 0 Å². The molecule has 0 radical (unpaired) electrons. The van der Waals surface area contributed by atoms with Crippen molar-refractivity contribution in [3.63, 3.8) is 0 Å². The molecule has 0 unspecified atom stereocenters. The quantitative estimate of drug-likeness (QED) is 0.792. The van der Waals surface area contributed by atoms with Gasteiger partial charge in [-0.2, -0.15) is 5.10 Å². The molecule has 0 aromatic carbocycles. The summed E-state index contributed by atoms with van der Waals surface area (Å²) >= 11 is 11.2. The molecule has 1 N–H and O–H groups in total. The first kappa shape index (κ1) is 15.0. The predicted octanol–water partition coefficient (Wildman–Crippen LogP) is 3.79. The molecule has 0 saturated heterocycles. The normalized spacial score (nSPS) is 11.2. The molecule has 2 rings (SSSR count). The molecule has 0 spiro atoms. The molecular formula is C13H17BrClN3S. The fourth-order valence-electron chi connectivity index (χ4n) is 1.92. The number of aryl methyl sites for hydroxylation is 2. The third-order valence-electron chi connectivity index (χ3n) is 2.97. The number of rotatable bonds is 6.